The van der Waals surface area contributed by atoms with E-state index in [0.717, 1.165) is 22.1 Å². The Morgan fingerprint density at radius 2 is 1.42 bits per heavy atom. The Morgan fingerprint density at radius 1 is 0.769 bits per heavy atom. The first-order valence-electron chi connectivity index (χ1n) is 8.18. The van der Waals surface area contributed by atoms with Crippen molar-refractivity contribution < 1.29 is 19.0 Å². The lowest BCUT2D eigenvalue weighted by molar-refractivity contribution is 0.104. The van der Waals surface area contributed by atoms with Crippen molar-refractivity contribution in [2.75, 3.05) is 21.3 Å². The third-order valence-corrected chi connectivity index (χ3v) is 4.20. The minimum Gasteiger partial charge on any atom is -0.496 e. The fraction of sp³-hybridized carbons (Fsp3) is 0.136. The quantitative estimate of drug-likeness (QED) is 0.476. The second kappa shape index (κ2) is 7.74. The topological polar surface area (TPSA) is 44.8 Å². The standard InChI is InChI=1S/C22H20O4/c1-24-20-13-10-17(16-6-4-5-7-18(16)20)19(23)11-8-15-9-12-21(25-2)22(14-15)26-3/h4-14H,1-3H3. The zero-order valence-electron chi connectivity index (χ0n) is 15.0. The minimum atomic E-state index is -0.0707. The van der Waals surface area contributed by atoms with E-state index in [1.54, 1.807) is 39.5 Å². The molecule has 0 radical (unpaired) electrons. The number of methoxy groups -OCH3 is 3. The van der Waals surface area contributed by atoms with Crippen LogP contribution in [0.4, 0.5) is 0 Å². The number of benzene rings is 3. The zero-order valence-corrected chi connectivity index (χ0v) is 15.0. The summed E-state index contributed by atoms with van der Waals surface area (Å²) in [5.74, 6) is 1.95. The van der Waals surface area contributed by atoms with E-state index in [-0.39, 0.29) is 5.78 Å². The van der Waals surface area contributed by atoms with E-state index >= 15 is 0 Å². The van der Waals surface area contributed by atoms with Gasteiger partial charge in [0.2, 0.25) is 0 Å². The maximum Gasteiger partial charge on any atom is 0.186 e. The van der Waals surface area contributed by atoms with Gasteiger partial charge in [-0.05, 0) is 41.3 Å². The average molecular weight is 348 g/mol. The molecule has 0 saturated heterocycles. The smallest absolute Gasteiger partial charge is 0.186 e. The van der Waals surface area contributed by atoms with Crippen molar-refractivity contribution in [3.8, 4) is 17.2 Å². The molecule has 4 heteroatoms. The molecule has 3 rings (SSSR count). The van der Waals surface area contributed by atoms with E-state index in [1.165, 1.54) is 0 Å². The van der Waals surface area contributed by atoms with Crippen LogP contribution in [0.15, 0.2) is 60.7 Å². The number of ether oxygens (including phenoxy) is 3. The normalized spacial score (nSPS) is 10.9. The summed E-state index contributed by atoms with van der Waals surface area (Å²) in [7, 11) is 4.80. The van der Waals surface area contributed by atoms with Gasteiger partial charge in [-0.2, -0.15) is 0 Å². The van der Waals surface area contributed by atoms with E-state index in [4.69, 9.17) is 14.2 Å². The maximum atomic E-state index is 12.7. The van der Waals surface area contributed by atoms with Crippen molar-refractivity contribution in [1.29, 1.82) is 0 Å². The number of hydrogen-bond acceptors (Lipinski definition) is 4. The van der Waals surface area contributed by atoms with Gasteiger partial charge in [-0.1, -0.05) is 36.4 Å². The molecule has 3 aromatic rings. The molecule has 3 aromatic carbocycles. The first-order chi connectivity index (χ1) is 12.7. The fourth-order valence-corrected chi connectivity index (χ4v) is 2.88. The minimum absolute atomic E-state index is 0.0707. The number of carbonyl (C=O) groups is 1. The first-order valence-corrected chi connectivity index (χ1v) is 8.18. The molecule has 0 saturated carbocycles. The lowest BCUT2D eigenvalue weighted by Crippen LogP contribution is -1.97. The highest BCUT2D eigenvalue weighted by atomic mass is 16.5. The molecule has 26 heavy (non-hydrogen) atoms. The van der Waals surface area contributed by atoms with Crippen LogP contribution in [-0.2, 0) is 0 Å². The monoisotopic (exact) mass is 348 g/mol. The molecule has 0 atom stereocenters. The van der Waals surface area contributed by atoms with Crippen LogP contribution in [0.3, 0.4) is 0 Å². The third kappa shape index (κ3) is 3.40. The molecule has 0 bridgehead atoms. The molecule has 0 aliphatic rings. The second-order valence-electron chi connectivity index (χ2n) is 5.67. The van der Waals surface area contributed by atoms with Crippen LogP contribution < -0.4 is 14.2 Å². The second-order valence-corrected chi connectivity index (χ2v) is 5.67. The lowest BCUT2D eigenvalue weighted by Gasteiger charge is -2.09. The molecule has 0 spiro atoms. The highest BCUT2D eigenvalue weighted by Crippen LogP contribution is 2.30. The number of carbonyl (C=O) groups excluding carboxylic acids is 1. The summed E-state index contributed by atoms with van der Waals surface area (Å²) < 4.78 is 15.9. The van der Waals surface area contributed by atoms with Gasteiger partial charge < -0.3 is 14.2 Å². The third-order valence-electron chi connectivity index (χ3n) is 4.20. The number of rotatable bonds is 6. The molecule has 0 amide bonds. The van der Waals surface area contributed by atoms with Crippen molar-refractivity contribution in [3.05, 3.63) is 71.8 Å². The highest BCUT2D eigenvalue weighted by Gasteiger charge is 2.11. The summed E-state index contributed by atoms with van der Waals surface area (Å²) in [6.45, 7) is 0. The van der Waals surface area contributed by atoms with E-state index in [2.05, 4.69) is 0 Å². The molecular weight excluding hydrogens is 328 g/mol. The predicted octanol–water partition coefficient (Wildman–Crippen LogP) is 4.76. The Hall–Kier alpha value is -3.27. The van der Waals surface area contributed by atoms with Gasteiger partial charge in [0.25, 0.3) is 0 Å². The number of allylic oxidation sites excluding steroid dienone is 1. The predicted molar refractivity (Wildman–Crippen MR) is 103 cm³/mol. The fourth-order valence-electron chi connectivity index (χ4n) is 2.88. The Labute approximate surface area is 152 Å². The largest absolute Gasteiger partial charge is 0.496 e. The molecular formula is C22H20O4. The molecule has 0 aliphatic carbocycles. The van der Waals surface area contributed by atoms with E-state index in [9.17, 15) is 4.79 Å². The highest BCUT2D eigenvalue weighted by molar-refractivity contribution is 6.15. The van der Waals surface area contributed by atoms with Crippen LogP contribution in [0, 0.1) is 0 Å². The number of hydrogen-bond donors (Lipinski definition) is 0. The van der Waals surface area contributed by atoms with Crippen LogP contribution >= 0.6 is 0 Å². The van der Waals surface area contributed by atoms with E-state index < -0.39 is 0 Å². The molecule has 0 fully saturated rings. The van der Waals surface area contributed by atoms with Crippen molar-refractivity contribution in [2.24, 2.45) is 0 Å². The summed E-state index contributed by atoms with van der Waals surface area (Å²) in [6.07, 6.45) is 3.33. The van der Waals surface area contributed by atoms with Gasteiger partial charge in [0, 0.05) is 10.9 Å². The van der Waals surface area contributed by atoms with E-state index in [0.29, 0.717) is 17.1 Å². The molecule has 4 nitrogen and oxygen atoms in total. The maximum absolute atomic E-state index is 12.7. The molecule has 0 unspecified atom stereocenters. The van der Waals surface area contributed by atoms with E-state index in [1.807, 2.05) is 48.5 Å². The van der Waals surface area contributed by atoms with Gasteiger partial charge in [0.15, 0.2) is 17.3 Å². The summed E-state index contributed by atoms with van der Waals surface area (Å²) in [5, 5.41) is 1.79. The SMILES string of the molecule is COc1ccc(C=CC(=O)c2ccc(OC)c3ccccc23)cc1OC. The average Bonchev–Trinajstić information content (AvgIpc) is 2.70. The summed E-state index contributed by atoms with van der Waals surface area (Å²) in [4.78, 5) is 12.7. The van der Waals surface area contributed by atoms with Crippen molar-refractivity contribution in [3.63, 3.8) is 0 Å². The molecule has 132 valence electrons. The van der Waals surface area contributed by atoms with Gasteiger partial charge in [-0.3, -0.25) is 4.79 Å². The first kappa shape index (κ1) is 17.5. The van der Waals surface area contributed by atoms with Crippen LogP contribution in [0.1, 0.15) is 15.9 Å². The molecule has 0 aliphatic heterocycles. The van der Waals surface area contributed by atoms with Crippen LogP contribution in [0.2, 0.25) is 0 Å². The van der Waals surface area contributed by atoms with Crippen LogP contribution in [0.25, 0.3) is 16.8 Å². The van der Waals surface area contributed by atoms with Crippen molar-refractivity contribution in [1.82, 2.24) is 0 Å². The Kier molecular flexibility index (Phi) is 5.23. The van der Waals surface area contributed by atoms with Crippen molar-refractivity contribution >= 4 is 22.6 Å². The number of fused-ring (bicyclic) bond motifs is 1. The van der Waals surface area contributed by atoms with Gasteiger partial charge in [-0.15, -0.1) is 0 Å². The molecule has 0 N–H and O–H groups in total. The van der Waals surface area contributed by atoms with Crippen LogP contribution in [-0.4, -0.2) is 27.1 Å². The molecule has 0 heterocycles. The van der Waals surface area contributed by atoms with Gasteiger partial charge in [-0.25, -0.2) is 0 Å². The Bertz CT molecular complexity index is 973. The van der Waals surface area contributed by atoms with Gasteiger partial charge in [0.1, 0.15) is 5.75 Å². The molecule has 0 aromatic heterocycles. The summed E-state index contributed by atoms with van der Waals surface area (Å²) >= 11 is 0. The Balaban J connectivity index is 1.94. The van der Waals surface area contributed by atoms with Crippen LogP contribution in [0.5, 0.6) is 17.2 Å². The van der Waals surface area contributed by atoms with Crippen molar-refractivity contribution in [2.45, 2.75) is 0 Å². The van der Waals surface area contributed by atoms with Gasteiger partial charge in [0.05, 0.1) is 21.3 Å². The number of ketones is 1. The summed E-state index contributed by atoms with van der Waals surface area (Å²) in [6, 6.07) is 16.8. The van der Waals surface area contributed by atoms with Gasteiger partial charge >= 0.3 is 0 Å². The summed E-state index contributed by atoms with van der Waals surface area (Å²) in [5.41, 5.74) is 1.49. The lowest BCUT2D eigenvalue weighted by atomic mass is 10.00. The zero-order chi connectivity index (χ0) is 18.5. The Morgan fingerprint density at radius 3 is 2.12 bits per heavy atom.